The molecule has 7 heteroatoms. The highest BCUT2D eigenvalue weighted by Crippen LogP contribution is 2.38. The minimum atomic E-state index is -0.236. The Morgan fingerprint density at radius 2 is 2.03 bits per heavy atom. The van der Waals surface area contributed by atoms with Gasteiger partial charge in [-0.25, -0.2) is 4.39 Å². The SMILES string of the molecule is Cc1ccc2c3c(ccc2n1)OCC(CNCCCN1CCOc2ccc(F)cc21)O3. The van der Waals surface area contributed by atoms with Crippen molar-refractivity contribution in [1.82, 2.24) is 10.3 Å². The predicted octanol–water partition coefficient (Wildman–Crippen LogP) is 3.70. The lowest BCUT2D eigenvalue weighted by Crippen LogP contribution is -2.40. The molecule has 2 aliphatic rings. The summed E-state index contributed by atoms with van der Waals surface area (Å²) in [5.74, 6) is 2.06. The third-order valence-electron chi connectivity index (χ3n) is 5.67. The van der Waals surface area contributed by atoms with Crippen molar-refractivity contribution in [2.75, 3.05) is 44.3 Å². The van der Waals surface area contributed by atoms with Crippen LogP contribution in [-0.4, -0.2) is 50.5 Å². The van der Waals surface area contributed by atoms with Crippen molar-refractivity contribution in [2.24, 2.45) is 0 Å². The van der Waals surface area contributed by atoms with E-state index in [1.807, 2.05) is 31.2 Å². The molecule has 31 heavy (non-hydrogen) atoms. The number of nitrogens with one attached hydrogen (secondary N) is 1. The van der Waals surface area contributed by atoms with Crippen LogP contribution in [0.2, 0.25) is 0 Å². The van der Waals surface area contributed by atoms with Crippen LogP contribution < -0.4 is 24.4 Å². The fourth-order valence-corrected chi connectivity index (χ4v) is 4.11. The van der Waals surface area contributed by atoms with Crippen molar-refractivity contribution < 1.29 is 18.6 Å². The van der Waals surface area contributed by atoms with Gasteiger partial charge < -0.3 is 24.4 Å². The minimum Gasteiger partial charge on any atom is -0.490 e. The first-order chi connectivity index (χ1) is 15.2. The van der Waals surface area contributed by atoms with E-state index in [0.29, 0.717) is 19.8 Å². The molecule has 2 aliphatic heterocycles. The Bertz CT molecular complexity index is 1090. The first kappa shape index (κ1) is 19.9. The molecule has 0 amide bonds. The first-order valence-electron chi connectivity index (χ1n) is 10.8. The second-order valence-corrected chi connectivity index (χ2v) is 7.97. The summed E-state index contributed by atoms with van der Waals surface area (Å²) >= 11 is 0. The lowest BCUT2D eigenvalue weighted by molar-refractivity contribution is 0.0925. The standard InChI is InChI=1S/C24H26FN3O3/c1-16-3-5-19-20(27-16)6-8-23-24(19)31-18(15-30-23)14-26-9-2-10-28-11-12-29-22-7-4-17(25)13-21(22)28/h3-8,13,18,26H,2,9-12,14-15H2,1H3. The average molecular weight is 423 g/mol. The van der Waals surface area contributed by atoms with Gasteiger partial charge in [0.1, 0.15) is 30.9 Å². The van der Waals surface area contributed by atoms with E-state index < -0.39 is 0 Å². The van der Waals surface area contributed by atoms with Gasteiger partial charge in [-0.2, -0.15) is 0 Å². The highest BCUT2D eigenvalue weighted by Gasteiger charge is 2.23. The van der Waals surface area contributed by atoms with E-state index in [1.165, 1.54) is 6.07 Å². The molecule has 3 heterocycles. The van der Waals surface area contributed by atoms with Gasteiger partial charge in [-0.1, -0.05) is 0 Å². The molecule has 0 spiro atoms. The molecule has 0 radical (unpaired) electrons. The zero-order valence-electron chi connectivity index (χ0n) is 17.6. The Hall–Kier alpha value is -3.06. The number of anilines is 1. The number of nitrogens with zero attached hydrogens (tertiary/aromatic N) is 2. The van der Waals surface area contributed by atoms with Crippen LogP contribution in [0.4, 0.5) is 10.1 Å². The third kappa shape index (κ3) is 4.23. The summed E-state index contributed by atoms with van der Waals surface area (Å²) in [6.45, 7) is 6.27. The molecule has 3 aromatic rings. The first-order valence-corrected chi connectivity index (χ1v) is 10.8. The lowest BCUT2D eigenvalue weighted by Gasteiger charge is -2.31. The van der Waals surface area contributed by atoms with Gasteiger partial charge in [-0.05, 0) is 56.3 Å². The van der Waals surface area contributed by atoms with Crippen molar-refractivity contribution in [3.05, 3.63) is 54.0 Å². The monoisotopic (exact) mass is 423 g/mol. The summed E-state index contributed by atoms with van der Waals surface area (Å²) < 4.78 is 31.4. The number of aryl methyl sites for hydroxylation is 1. The molecule has 1 N–H and O–H groups in total. The summed E-state index contributed by atoms with van der Waals surface area (Å²) in [6.07, 6.45) is 0.879. The molecule has 5 rings (SSSR count). The normalized spacial score (nSPS) is 17.4. The molecule has 0 bridgehead atoms. The van der Waals surface area contributed by atoms with Gasteiger partial charge in [-0.15, -0.1) is 0 Å². The number of fused-ring (bicyclic) bond motifs is 4. The second-order valence-electron chi connectivity index (χ2n) is 7.97. The Kier molecular flexibility index (Phi) is 5.51. The quantitative estimate of drug-likeness (QED) is 0.610. The van der Waals surface area contributed by atoms with Crippen molar-refractivity contribution in [3.63, 3.8) is 0 Å². The Morgan fingerprint density at radius 3 is 2.97 bits per heavy atom. The fourth-order valence-electron chi connectivity index (χ4n) is 4.11. The molecule has 6 nitrogen and oxygen atoms in total. The second kappa shape index (κ2) is 8.59. The van der Waals surface area contributed by atoms with Crippen LogP contribution in [0.5, 0.6) is 17.2 Å². The Balaban J connectivity index is 1.13. The number of benzene rings is 2. The topological polar surface area (TPSA) is 55.9 Å². The maximum Gasteiger partial charge on any atom is 0.171 e. The molecular weight excluding hydrogens is 397 g/mol. The summed E-state index contributed by atoms with van der Waals surface area (Å²) in [5.41, 5.74) is 2.73. The van der Waals surface area contributed by atoms with Gasteiger partial charge in [0.05, 0.1) is 17.7 Å². The van der Waals surface area contributed by atoms with Crippen LogP contribution in [0.1, 0.15) is 12.1 Å². The Labute approximate surface area is 180 Å². The van der Waals surface area contributed by atoms with E-state index in [1.54, 1.807) is 12.1 Å². The van der Waals surface area contributed by atoms with Crippen molar-refractivity contribution in [1.29, 1.82) is 0 Å². The van der Waals surface area contributed by atoms with E-state index >= 15 is 0 Å². The van der Waals surface area contributed by atoms with E-state index in [4.69, 9.17) is 14.2 Å². The van der Waals surface area contributed by atoms with Crippen LogP contribution in [0.15, 0.2) is 42.5 Å². The van der Waals surface area contributed by atoms with Crippen LogP contribution in [0.25, 0.3) is 10.9 Å². The van der Waals surface area contributed by atoms with Crippen LogP contribution >= 0.6 is 0 Å². The summed E-state index contributed by atoms with van der Waals surface area (Å²) in [5, 5.41) is 4.44. The average Bonchev–Trinajstić information content (AvgIpc) is 2.78. The molecular formula is C24H26FN3O3. The number of hydrogen-bond acceptors (Lipinski definition) is 6. The van der Waals surface area contributed by atoms with Gasteiger partial charge in [0.25, 0.3) is 0 Å². The predicted molar refractivity (Wildman–Crippen MR) is 118 cm³/mol. The van der Waals surface area contributed by atoms with Crippen LogP contribution in [0, 0.1) is 12.7 Å². The van der Waals surface area contributed by atoms with E-state index in [-0.39, 0.29) is 11.9 Å². The molecule has 2 aromatic carbocycles. The van der Waals surface area contributed by atoms with Crippen molar-refractivity contribution in [3.8, 4) is 17.2 Å². The highest BCUT2D eigenvalue weighted by atomic mass is 19.1. The summed E-state index contributed by atoms with van der Waals surface area (Å²) in [4.78, 5) is 6.75. The number of ether oxygens (including phenoxy) is 3. The molecule has 0 aliphatic carbocycles. The smallest absolute Gasteiger partial charge is 0.171 e. The fraction of sp³-hybridized carbons (Fsp3) is 0.375. The molecule has 1 aromatic heterocycles. The van der Waals surface area contributed by atoms with Gasteiger partial charge >= 0.3 is 0 Å². The van der Waals surface area contributed by atoms with Gasteiger partial charge in [0, 0.05) is 30.2 Å². The largest absolute Gasteiger partial charge is 0.490 e. The Morgan fingerprint density at radius 1 is 1.13 bits per heavy atom. The maximum atomic E-state index is 13.6. The molecule has 0 saturated heterocycles. The van der Waals surface area contributed by atoms with Crippen LogP contribution in [-0.2, 0) is 0 Å². The van der Waals surface area contributed by atoms with E-state index in [0.717, 1.165) is 65.6 Å². The van der Waals surface area contributed by atoms with Crippen LogP contribution in [0.3, 0.4) is 0 Å². The number of rotatable bonds is 6. The summed E-state index contributed by atoms with van der Waals surface area (Å²) in [7, 11) is 0. The van der Waals surface area contributed by atoms with Crippen molar-refractivity contribution in [2.45, 2.75) is 19.4 Å². The van der Waals surface area contributed by atoms with Crippen molar-refractivity contribution >= 4 is 16.6 Å². The molecule has 162 valence electrons. The van der Waals surface area contributed by atoms with Gasteiger partial charge in [0.2, 0.25) is 0 Å². The summed E-state index contributed by atoms with van der Waals surface area (Å²) in [6, 6.07) is 12.6. The lowest BCUT2D eigenvalue weighted by atomic mass is 10.1. The molecule has 1 unspecified atom stereocenters. The number of halogens is 1. The number of aromatic nitrogens is 1. The third-order valence-corrected chi connectivity index (χ3v) is 5.67. The maximum absolute atomic E-state index is 13.6. The van der Waals surface area contributed by atoms with E-state index in [2.05, 4.69) is 15.2 Å². The zero-order chi connectivity index (χ0) is 21.2. The number of pyridine rings is 1. The molecule has 0 saturated carbocycles. The molecule has 1 atom stereocenters. The van der Waals surface area contributed by atoms with Gasteiger partial charge in [-0.3, -0.25) is 4.98 Å². The van der Waals surface area contributed by atoms with E-state index in [9.17, 15) is 4.39 Å². The van der Waals surface area contributed by atoms with Gasteiger partial charge in [0.15, 0.2) is 11.5 Å². The minimum absolute atomic E-state index is 0.0578. The highest BCUT2D eigenvalue weighted by molar-refractivity contribution is 5.88. The zero-order valence-corrected chi connectivity index (χ0v) is 17.6. The number of hydrogen-bond donors (Lipinski definition) is 1. The molecule has 0 fully saturated rings.